The number of hydrogen-bond donors (Lipinski definition) is 1. The Bertz CT molecular complexity index is 606. The van der Waals surface area contributed by atoms with Crippen LogP contribution in [0.5, 0.6) is 0 Å². The van der Waals surface area contributed by atoms with E-state index >= 15 is 0 Å². The highest BCUT2D eigenvalue weighted by Gasteiger charge is 2.24. The molecule has 100 valence electrons. The van der Waals surface area contributed by atoms with Crippen LogP contribution in [0.2, 0.25) is 0 Å². The van der Waals surface area contributed by atoms with Crippen LogP contribution >= 0.6 is 0 Å². The lowest BCUT2D eigenvalue weighted by Gasteiger charge is -2.24. The van der Waals surface area contributed by atoms with E-state index in [0.29, 0.717) is 5.92 Å². The van der Waals surface area contributed by atoms with Crippen molar-refractivity contribution in [1.82, 2.24) is 14.9 Å². The number of nitrogens with zero attached hydrogens (tertiary/aromatic N) is 3. The molecule has 4 heteroatoms. The molecule has 0 bridgehead atoms. The van der Waals surface area contributed by atoms with Gasteiger partial charge in [-0.2, -0.15) is 5.26 Å². The molecule has 0 saturated carbocycles. The van der Waals surface area contributed by atoms with Gasteiger partial charge in [-0.05, 0) is 30.7 Å². The predicted octanol–water partition coefficient (Wildman–Crippen LogP) is 2.63. The van der Waals surface area contributed by atoms with Gasteiger partial charge in [-0.15, -0.1) is 0 Å². The molecule has 1 heterocycles. The van der Waals surface area contributed by atoms with Crippen LogP contribution < -0.4 is 5.32 Å². The van der Waals surface area contributed by atoms with Crippen LogP contribution in [0.1, 0.15) is 25.5 Å². The average molecular weight is 256 g/mol. The van der Waals surface area contributed by atoms with E-state index in [0.717, 1.165) is 16.6 Å². The SMILES string of the molecule is CNC(c1ccc2c(c1)ncn2C)C(C#N)C(C)C. The largest absolute Gasteiger partial charge is 0.334 e. The van der Waals surface area contributed by atoms with Crippen molar-refractivity contribution in [2.24, 2.45) is 18.9 Å². The minimum absolute atomic E-state index is 0.0383. The molecule has 1 aromatic heterocycles. The smallest absolute Gasteiger partial charge is 0.0955 e. The van der Waals surface area contributed by atoms with Gasteiger partial charge < -0.3 is 9.88 Å². The van der Waals surface area contributed by atoms with Gasteiger partial charge in [-0.1, -0.05) is 19.9 Å². The molecule has 0 aliphatic carbocycles. The Hall–Kier alpha value is -1.86. The van der Waals surface area contributed by atoms with Gasteiger partial charge in [0.15, 0.2) is 0 Å². The molecule has 1 aromatic carbocycles. The van der Waals surface area contributed by atoms with Gasteiger partial charge in [0, 0.05) is 13.1 Å². The van der Waals surface area contributed by atoms with Crippen LogP contribution in [0.3, 0.4) is 0 Å². The monoisotopic (exact) mass is 256 g/mol. The van der Waals surface area contributed by atoms with Crippen molar-refractivity contribution in [1.29, 1.82) is 5.26 Å². The van der Waals surface area contributed by atoms with Gasteiger partial charge in [0.05, 0.1) is 29.3 Å². The van der Waals surface area contributed by atoms with Crippen LogP contribution in [0.15, 0.2) is 24.5 Å². The lowest BCUT2D eigenvalue weighted by atomic mass is 9.85. The van der Waals surface area contributed by atoms with Gasteiger partial charge in [0.25, 0.3) is 0 Å². The first-order valence-electron chi connectivity index (χ1n) is 6.56. The lowest BCUT2D eigenvalue weighted by molar-refractivity contribution is 0.363. The molecule has 2 unspecified atom stereocenters. The molecule has 0 aliphatic heterocycles. The molecule has 0 amide bonds. The topological polar surface area (TPSA) is 53.6 Å². The second kappa shape index (κ2) is 5.41. The standard InChI is InChI=1S/C15H20N4/c1-10(2)12(8-16)15(17-3)11-5-6-14-13(7-11)18-9-19(14)4/h5-7,9-10,12,15,17H,1-4H3. The van der Waals surface area contributed by atoms with Crippen LogP contribution in [0.25, 0.3) is 11.0 Å². The zero-order chi connectivity index (χ0) is 14.0. The number of nitriles is 1. The van der Waals surface area contributed by atoms with Gasteiger partial charge in [-0.25, -0.2) is 4.98 Å². The first-order chi connectivity index (χ1) is 9.08. The molecule has 2 aromatic rings. The van der Waals surface area contributed by atoms with E-state index in [-0.39, 0.29) is 12.0 Å². The van der Waals surface area contributed by atoms with Crippen molar-refractivity contribution >= 4 is 11.0 Å². The fraction of sp³-hybridized carbons (Fsp3) is 0.467. The van der Waals surface area contributed by atoms with Crippen LogP contribution in [-0.2, 0) is 7.05 Å². The second-order valence-corrected chi connectivity index (χ2v) is 5.27. The zero-order valence-electron chi connectivity index (χ0n) is 11.9. The number of fused-ring (bicyclic) bond motifs is 1. The Morgan fingerprint density at radius 1 is 1.37 bits per heavy atom. The van der Waals surface area contributed by atoms with Crippen LogP contribution in [-0.4, -0.2) is 16.6 Å². The Kier molecular flexibility index (Phi) is 3.87. The molecule has 19 heavy (non-hydrogen) atoms. The van der Waals surface area contributed by atoms with Gasteiger partial charge >= 0.3 is 0 Å². The van der Waals surface area contributed by atoms with E-state index in [2.05, 4.69) is 48.4 Å². The Morgan fingerprint density at radius 3 is 2.68 bits per heavy atom. The Morgan fingerprint density at radius 2 is 2.11 bits per heavy atom. The van der Waals surface area contributed by atoms with Crippen molar-refractivity contribution in [2.45, 2.75) is 19.9 Å². The van der Waals surface area contributed by atoms with E-state index < -0.39 is 0 Å². The average Bonchev–Trinajstić information content (AvgIpc) is 2.76. The summed E-state index contributed by atoms with van der Waals surface area (Å²) in [5, 5.41) is 12.6. The first kappa shape index (κ1) is 13.6. The number of rotatable bonds is 4. The van der Waals surface area contributed by atoms with E-state index in [1.165, 1.54) is 0 Å². The molecular formula is C15H20N4. The fourth-order valence-corrected chi connectivity index (χ4v) is 2.51. The number of hydrogen-bond acceptors (Lipinski definition) is 3. The van der Waals surface area contributed by atoms with Crippen molar-refractivity contribution in [3.05, 3.63) is 30.1 Å². The highest BCUT2D eigenvalue weighted by Crippen LogP contribution is 2.29. The minimum Gasteiger partial charge on any atom is -0.334 e. The molecule has 2 atom stereocenters. The normalized spacial score (nSPS) is 14.5. The van der Waals surface area contributed by atoms with Crippen molar-refractivity contribution in [3.8, 4) is 6.07 Å². The third-order valence-electron chi connectivity index (χ3n) is 3.65. The molecule has 1 N–H and O–H groups in total. The highest BCUT2D eigenvalue weighted by atomic mass is 15.0. The minimum atomic E-state index is -0.0498. The van der Waals surface area contributed by atoms with E-state index in [1.807, 2.05) is 25.0 Å². The summed E-state index contributed by atoms with van der Waals surface area (Å²) in [5.74, 6) is 0.257. The molecule has 0 radical (unpaired) electrons. The molecule has 0 saturated heterocycles. The summed E-state index contributed by atoms with van der Waals surface area (Å²) in [6.07, 6.45) is 1.81. The van der Waals surface area contributed by atoms with Gasteiger partial charge in [0.1, 0.15) is 0 Å². The van der Waals surface area contributed by atoms with E-state index in [9.17, 15) is 5.26 Å². The third kappa shape index (κ3) is 2.47. The number of benzene rings is 1. The zero-order valence-corrected chi connectivity index (χ0v) is 11.9. The maximum Gasteiger partial charge on any atom is 0.0955 e. The summed E-state index contributed by atoms with van der Waals surface area (Å²) >= 11 is 0. The number of aryl methyl sites for hydroxylation is 1. The Labute approximate surface area is 114 Å². The van der Waals surface area contributed by atoms with Crippen molar-refractivity contribution in [3.63, 3.8) is 0 Å². The Balaban J connectivity index is 2.43. The summed E-state index contributed by atoms with van der Waals surface area (Å²) < 4.78 is 2.00. The van der Waals surface area contributed by atoms with Crippen LogP contribution in [0.4, 0.5) is 0 Å². The van der Waals surface area contributed by atoms with Crippen LogP contribution in [0, 0.1) is 23.2 Å². The summed E-state index contributed by atoms with van der Waals surface area (Å²) in [6.45, 7) is 4.16. The first-order valence-corrected chi connectivity index (χ1v) is 6.56. The van der Waals surface area contributed by atoms with Crippen molar-refractivity contribution in [2.75, 3.05) is 7.05 Å². The van der Waals surface area contributed by atoms with E-state index in [4.69, 9.17) is 0 Å². The maximum absolute atomic E-state index is 9.37. The second-order valence-electron chi connectivity index (χ2n) is 5.27. The molecule has 2 rings (SSSR count). The lowest BCUT2D eigenvalue weighted by Crippen LogP contribution is -2.27. The number of nitrogens with one attached hydrogen (secondary N) is 1. The highest BCUT2D eigenvalue weighted by molar-refractivity contribution is 5.76. The summed E-state index contributed by atoms with van der Waals surface area (Å²) in [7, 11) is 3.89. The molecule has 4 nitrogen and oxygen atoms in total. The summed E-state index contributed by atoms with van der Waals surface area (Å²) in [6, 6.07) is 8.67. The fourth-order valence-electron chi connectivity index (χ4n) is 2.51. The summed E-state index contributed by atoms with van der Waals surface area (Å²) in [5.41, 5.74) is 3.20. The van der Waals surface area contributed by atoms with Gasteiger partial charge in [0.2, 0.25) is 0 Å². The number of aromatic nitrogens is 2. The quantitative estimate of drug-likeness (QED) is 0.915. The molecular weight excluding hydrogens is 236 g/mol. The number of imidazole rings is 1. The van der Waals surface area contributed by atoms with Gasteiger partial charge in [-0.3, -0.25) is 0 Å². The molecule has 0 spiro atoms. The molecule has 0 fully saturated rings. The maximum atomic E-state index is 9.37. The third-order valence-corrected chi connectivity index (χ3v) is 3.65. The van der Waals surface area contributed by atoms with E-state index in [1.54, 1.807) is 0 Å². The predicted molar refractivity (Wildman–Crippen MR) is 76.5 cm³/mol. The summed E-state index contributed by atoms with van der Waals surface area (Å²) in [4.78, 5) is 4.38. The van der Waals surface area contributed by atoms with Crippen molar-refractivity contribution < 1.29 is 0 Å². The molecule has 0 aliphatic rings.